The van der Waals surface area contributed by atoms with E-state index in [1.54, 1.807) is 34.9 Å². The molecule has 1 aliphatic rings. The average Bonchev–Trinajstić information content (AvgIpc) is 2.56. The topological polar surface area (TPSA) is 53.5 Å². The molecule has 0 radical (unpaired) electrons. The smallest absolute Gasteiger partial charge is 0.243 e. The van der Waals surface area contributed by atoms with E-state index < -0.39 is 10.0 Å². The second-order valence-electron chi connectivity index (χ2n) is 5.41. The van der Waals surface area contributed by atoms with Crippen LogP contribution < -0.4 is 4.90 Å². The highest BCUT2D eigenvalue weighted by Crippen LogP contribution is 2.21. The Labute approximate surface area is 131 Å². The summed E-state index contributed by atoms with van der Waals surface area (Å²) < 4.78 is 26.9. The number of anilines is 1. The molecule has 1 aromatic heterocycles. The van der Waals surface area contributed by atoms with Gasteiger partial charge in [-0.1, -0.05) is 12.1 Å². The van der Waals surface area contributed by atoms with Crippen LogP contribution in [0.1, 0.15) is 5.56 Å². The van der Waals surface area contributed by atoms with E-state index in [2.05, 4.69) is 9.88 Å². The van der Waals surface area contributed by atoms with Gasteiger partial charge in [0.05, 0.1) is 4.90 Å². The normalized spacial score (nSPS) is 16.7. The van der Waals surface area contributed by atoms with Gasteiger partial charge >= 0.3 is 0 Å². The van der Waals surface area contributed by atoms with E-state index in [0.29, 0.717) is 31.1 Å². The van der Waals surface area contributed by atoms with Crippen molar-refractivity contribution in [2.75, 3.05) is 31.1 Å². The molecule has 2 aromatic rings. The van der Waals surface area contributed by atoms with Crippen molar-refractivity contribution in [2.24, 2.45) is 0 Å². The quantitative estimate of drug-likeness (QED) is 0.867. The van der Waals surface area contributed by atoms with E-state index in [9.17, 15) is 8.42 Å². The highest BCUT2D eigenvalue weighted by atomic mass is 32.2. The zero-order valence-electron chi connectivity index (χ0n) is 12.5. The van der Waals surface area contributed by atoms with E-state index in [0.717, 1.165) is 11.3 Å². The molecule has 0 amide bonds. The van der Waals surface area contributed by atoms with Gasteiger partial charge in [0.15, 0.2) is 0 Å². The first-order valence-electron chi connectivity index (χ1n) is 7.29. The molecular weight excluding hydrogens is 298 g/mol. The van der Waals surface area contributed by atoms with Crippen molar-refractivity contribution in [3.63, 3.8) is 0 Å². The van der Waals surface area contributed by atoms with Crippen molar-refractivity contribution >= 4 is 15.7 Å². The third-order valence-corrected chi connectivity index (χ3v) is 5.79. The van der Waals surface area contributed by atoms with Gasteiger partial charge in [0.2, 0.25) is 10.0 Å². The molecule has 6 heteroatoms. The lowest BCUT2D eigenvalue weighted by Gasteiger charge is -2.35. The van der Waals surface area contributed by atoms with Gasteiger partial charge in [-0.2, -0.15) is 4.31 Å². The van der Waals surface area contributed by atoms with Gasteiger partial charge in [0.1, 0.15) is 0 Å². The highest BCUT2D eigenvalue weighted by molar-refractivity contribution is 7.89. The molecule has 0 N–H and O–H groups in total. The molecular formula is C16H19N3O2S. The van der Waals surface area contributed by atoms with Crippen molar-refractivity contribution in [3.8, 4) is 0 Å². The molecule has 0 aliphatic carbocycles. The minimum atomic E-state index is -3.40. The molecule has 1 aromatic carbocycles. The molecule has 0 atom stereocenters. The molecule has 0 unspecified atom stereocenters. The fourth-order valence-electron chi connectivity index (χ4n) is 2.67. The van der Waals surface area contributed by atoms with E-state index in [1.807, 2.05) is 25.1 Å². The van der Waals surface area contributed by atoms with Crippen LogP contribution in [0, 0.1) is 6.92 Å². The van der Waals surface area contributed by atoms with Gasteiger partial charge in [-0.05, 0) is 36.8 Å². The number of sulfonamides is 1. The zero-order chi connectivity index (χ0) is 15.6. The summed E-state index contributed by atoms with van der Waals surface area (Å²) in [7, 11) is -3.40. The SMILES string of the molecule is Cc1cccc(S(=O)(=O)N2CCN(c3ccncc3)CC2)c1. The summed E-state index contributed by atoms with van der Waals surface area (Å²) in [5, 5.41) is 0. The number of aromatic nitrogens is 1. The summed E-state index contributed by atoms with van der Waals surface area (Å²) >= 11 is 0. The molecule has 3 rings (SSSR count). The Morgan fingerprint density at radius 2 is 1.68 bits per heavy atom. The summed E-state index contributed by atoms with van der Waals surface area (Å²) in [6.07, 6.45) is 3.51. The molecule has 1 aliphatic heterocycles. The van der Waals surface area contributed by atoms with E-state index >= 15 is 0 Å². The Balaban J connectivity index is 1.73. The van der Waals surface area contributed by atoms with Gasteiger partial charge in [-0.15, -0.1) is 0 Å². The van der Waals surface area contributed by atoms with Gasteiger partial charge in [0, 0.05) is 44.3 Å². The van der Waals surface area contributed by atoms with Crippen molar-refractivity contribution in [3.05, 3.63) is 54.4 Å². The number of rotatable bonds is 3. The maximum atomic E-state index is 12.7. The fourth-order valence-corrected chi connectivity index (χ4v) is 4.19. The van der Waals surface area contributed by atoms with Crippen LogP contribution in [0.25, 0.3) is 0 Å². The summed E-state index contributed by atoms with van der Waals surface area (Å²) in [6, 6.07) is 11.0. The minimum absolute atomic E-state index is 0.380. The van der Waals surface area contributed by atoms with E-state index in [-0.39, 0.29) is 0 Å². The first-order chi connectivity index (χ1) is 10.6. The Hall–Kier alpha value is -1.92. The monoisotopic (exact) mass is 317 g/mol. The lowest BCUT2D eigenvalue weighted by molar-refractivity contribution is 0.385. The van der Waals surface area contributed by atoms with Gasteiger partial charge < -0.3 is 4.90 Å². The second-order valence-corrected chi connectivity index (χ2v) is 7.35. The number of benzene rings is 1. The Kier molecular flexibility index (Phi) is 4.13. The molecule has 5 nitrogen and oxygen atoms in total. The van der Waals surface area contributed by atoms with Crippen LogP contribution in [0.2, 0.25) is 0 Å². The summed E-state index contributed by atoms with van der Waals surface area (Å²) in [4.78, 5) is 6.57. The van der Waals surface area contributed by atoms with Gasteiger partial charge in [-0.25, -0.2) is 8.42 Å². The molecule has 1 saturated heterocycles. The van der Waals surface area contributed by atoms with Crippen molar-refractivity contribution in [1.29, 1.82) is 0 Å². The lowest BCUT2D eigenvalue weighted by Crippen LogP contribution is -2.48. The molecule has 0 bridgehead atoms. The Morgan fingerprint density at radius 3 is 2.32 bits per heavy atom. The predicted octanol–water partition coefficient (Wildman–Crippen LogP) is 1.90. The third kappa shape index (κ3) is 2.98. The molecule has 2 heterocycles. The molecule has 1 fully saturated rings. The van der Waals surface area contributed by atoms with Crippen molar-refractivity contribution in [1.82, 2.24) is 9.29 Å². The highest BCUT2D eigenvalue weighted by Gasteiger charge is 2.28. The lowest BCUT2D eigenvalue weighted by atomic mass is 10.2. The van der Waals surface area contributed by atoms with Gasteiger partial charge in [0.25, 0.3) is 0 Å². The molecule has 0 spiro atoms. The first kappa shape index (κ1) is 15.0. The van der Waals surface area contributed by atoms with Crippen LogP contribution in [0.5, 0.6) is 0 Å². The van der Waals surface area contributed by atoms with Crippen molar-refractivity contribution in [2.45, 2.75) is 11.8 Å². The van der Waals surface area contributed by atoms with Gasteiger partial charge in [-0.3, -0.25) is 4.98 Å². The summed E-state index contributed by atoms with van der Waals surface area (Å²) in [5.74, 6) is 0. The Bertz CT molecular complexity index is 739. The summed E-state index contributed by atoms with van der Waals surface area (Å²) in [6.45, 7) is 4.28. The third-order valence-electron chi connectivity index (χ3n) is 3.89. The van der Waals surface area contributed by atoms with Crippen molar-refractivity contribution < 1.29 is 8.42 Å². The first-order valence-corrected chi connectivity index (χ1v) is 8.73. The largest absolute Gasteiger partial charge is 0.369 e. The standard InChI is InChI=1S/C16H19N3O2S/c1-14-3-2-4-16(13-14)22(20,21)19-11-9-18(10-12-19)15-5-7-17-8-6-15/h2-8,13H,9-12H2,1H3. The predicted molar refractivity (Wildman–Crippen MR) is 86.4 cm³/mol. The maximum Gasteiger partial charge on any atom is 0.243 e. The second kappa shape index (κ2) is 6.06. The Morgan fingerprint density at radius 1 is 1.00 bits per heavy atom. The number of aryl methyl sites for hydroxylation is 1. The zero-order valence-corrected chi connectivity index (χ0v) is 13.3. The maximum absolute atomic E-state index is 12.7. The number of hydrogen-bond acceptors (Lipinski definition) is 4. The minimum Gasteiger partial charge on any atom is -0.369 e. The molecule has 22 heavy (non-hydrogen) atoms. The van der Waals surface area contributed by atoms with Crippen LogP contribution in [-0.2, 0) is 10.0 Å². The fraction of sp³-hybridized carbons (Fsp3) is 0.312. The number of piperazine rings is 1. The van der Waals surface area contributed by atoms with Crippen LogP contribution in [0.3, 0.4) is 0 Å². The number of nitrogens with zero attached hydrogens (tertiary/aromatic N) is 3. The van der Waals surface area contributed by atoms with E-state index in [4.69, 9.17) is 0 Å². The van der Waals surface area contributed by atoms with E-state index in [1.165, 1.54) is 0 Å². The van der Waals surface area contributed by atoms with Crippen LogP contribution >= 0.6 is 0 Å². The summed E-state index contributed by atoms with van der Waals surface area (Å²) in [5.41, 5.74) is 2.04. The number of pyridine rings is 1. The molecule has 0 saturated carbocycles. The van der Waals surface area contributed by atoms with Crippen LogP contribution in [0.4, 0.5) is 5.69 Å². The average molecular weight is 317 g/mol. The van der Waals surface area contributed by atoms with Crippen LogP contribution in [-0.4, -0.2) is 43.9 Å². The molecule has 116 valence electrons. The van der Waals surface area contributed by atoms with Crippen LogP contribution in [0.15, 0.2) is 53.7 Å². The number of hydrogen-bond donors (Lipinski definition) is 0.